The molecule has 2 heterocycles. The zero-order chi connectivity index (χ0) is 22.1. The highest BCUT2D eigenvalue weighted by Crippen LogP contribution is 2.33. The summed E-state index contributed by atoms with van der Waals surface area (Å²) in [6, 6.07) is 19.6. The standard InChI is InChI=1S/C25H23FN4O2/c1-32-17-9-6-15(7-10-17)20-13-27-14-22(20)29-24-18-4-2-3-5-21(18)28-25(30-24)19-12-16(26)8-11-23(19)31/h2-12,20,22,27,31H,13-14H2,1H3,(H,28,29,30)/t20-,22+/m0/s1. The highest BCUT2D eigenvalue weighted by atomic mass is 19.1. The van der Waals surface area contributed by atoms with Crippen molar-refractivity contribution in [1.82, 2.24) is 15.3 Å². The van der Waals surface area contributed by atoms with Gasteiger partial charge in [0.15, 0.2) is 5.82 Å². The Morgan fingerprint density at radius 3 is 2.66 bits per heavy atom. The van der Waals surface area contributed by atoms with Crippen LogP contribution < -0.4 is 15.4 Å². The fraction of sp³-hybridized carbons (Fsp3) is 0.200. The molecule has 2 atom stereocenters. The summed E-state index contributed by atoms with van der Waals surface area (Å²) in [5, 5.41) is 18.2. The molecule has 6 nitrogen and oxygen atoms in total. The van der Waals surface area contributed by atoms with Crippen LogP contribution in [0.4, 0.5) is 10.2 Å². The van der Waals surface area contributed by atoms with Gasteiger partial charge in [-0.2, -0.15) is 0 Å². The molecule has 1 aliphatic rings. The summed E-state index contributed by atoms with van der Waals surface area (Å²) in [5.41, 5.74) is 2.18. The number of ether oxygens (including phenoxy) is 1. The number of hydrogen-bond acceptors (Lipinski definition) is 6. The van der Waals surface area contributed by atoms with Crippen molar-refractivity contribution in [3.05, 3.63) is 78.1 Å². The molecule has 162 valence electrons. The molecule has 3 N–H and O–H groups in total. The molecule has 0 bridgehead atoms. The van der Waals surface area contributed by atoms with Gasteiger partial charge in [0.1, 0.15) is 23.1 Å². The van der Waals surface area contributed by atoms with Crippen molar-refractivity contribution in [3.63, 3.8) is 0 Å². The van der Waals surface area contributed by atoms with Crippen LogP contribution in [0.25, 0.3) is 22.3 Å². The molecule has 0 amide bonds. The molecule has 0 saturated carbocycles. The molecular formula is C25H23FN4O2. The first-order chi connectivity index (χ1) is 15.6. The second-order valence-electron chi connectivity index (χ2n) is 7.86. The van der Waals surface area contributed by atoms with Crippen LogP contribution >= 0.6 is 0 Å². The van der Waals surface area contributed by atoms with Crippen molar-refractivity contribution in [1.29, 1.82) is 0 Å². The van der Waals surface area contributed by atoms with Gasteiger partial charge in [-0.25, -0.2) is 14.4 Å². The predicted octanol–water partition coefficient (Wildman–Crippen LogP) is 4.32. The first kappa shape index (κ1) is 20.2. The Morgan fingerprint density at radius 1 is 1.03 bits per heavy atom. The number of aromatic hydroxyl groups is 1. The van der Waals surface area contributed by atoms with E-state index in [1.54, 1.807) is 7.11 Å². The second kappa shape index (κ2) is 8.43. The van der Waals surface area contributed by atoms with E-state index in [4.69, 9.17) is 9.72 Å². The van der Waals surface area contributed by atoms with Crippen molar-refractivity contribution in [3.8, 4) is 22.9 Å². The van der Waals surface area contributed by atoms with E-state index in [0.29, 0.717) is 5.82 Å². The average molecular weight is 430 g/mol. The lowest BCUT2D eigenvalue weighted by molar-refractivity contribution is 0.414. The number of para-hydroxylation sites is 1. The summed E-state index contributed by atoms with van der Waals surface area (Å²) >= 11 is 0. The van der Waals surface area contributed by atoms with Crippen molar-refractivity contribution in [2.75, 3.05) is 25.5 Å². The maximum Gasteiger partial charge on any atom is 0.165 e. The van der Waals surface area contributed by atoms with Crippen LogP contribution in [0.2, 0.25) is 0 Å². The number of phenols is 1. The molecule has 1 aromatic heterocycles. The normalized spacial score (nSPS) is 18.1. The monoisotopic (exact) mass is 430 g/mol. The van der Waals surface area contributed by atoms with E-state index in [1.165, 1.54) is 23.8 Å². The topological polar surface area (TPSA) is 79.3 Å². The Hall–Kier alpha value is -3.71. The molecule has 0 unspecified atom stereocenters. The first-order valence-corrected chi connectivity index (χ1v) is 10.5. The largest absolute Gasteiger partial charge is 0.507 e. The van der Waals surface area contributed by atoms with E-state index in [0.717, 1.165) is 29.7 Å². The number of anilines is 1. The van der Waals surface area contributed by atoms with Crippen LogP contribution in [-0.4, -0.2) is 41.3 Å². The zero-order valence-corrected chi connectivity index (χ0v) is 17.5. The van der Waals surface area contributed by atoms with Crippen LogP contribution in [0.5, 0.6) is 11.5 Å². The van der Waals surface area contributed by atoms with Gasteiger partial charge in [-0.15, -0.1) is 0 Å². The number of benzene rings is 3. The van der Waals surface area contributed by atoms with Gasteiger partial charge in [0.2, 0.25) is 0 Å². The smallest absolute Gasteiger partial charge is 0.165 e. The number of rotatable bonds is 5. The van der Waals surface area contributed by atoms with Crippen LogP contribution in [0.3, 0.4) is 0 Å². The van der Waals surface area contributed by atoms with Crippen molar-refractivity contribution < 1.29 is 14.2 Å². The number of aromatic nitrogens is 2. The Bertz CT molecular complexity index is 1260. The van der Waals surface area contributed by atoms with Crippen LogP contribution in [0, 0.1) is 5.82 Å². The van der Waals surface area contributed by atoms with Gasteiger partial charge in [-0.3, -0.25) is 0 Å². The Morgan fingerprint density at radius 2 is 1.84 bits per heavy atom. The van der Waals surface area contributed by atoms with Crippen molar-refractivity contribution in [2.45, 2.75) is 12.0 Å². The van der Waals surface area contributed by atoms with Gasteiger partial charge in [-0.1, -0.05) is 24.3 Å². The van der Waals surface area contributed by atoms with E-state index < -0.39 is 5.82 Å². The Balaban J connectivity index is 1.53. The number of methoxy groups -OCH3 is 1. The molecule has 3 aromatic carbocycles. The van der Waals surface area contributed by atoms with Gasteiger partial charge in [0.25, 0.3) is 0 Å². The van der Waals surface area contributed by atoms with E-state index in [1.807, 2.05) is 36.4 Å². The second-order valence-corrected chi connectivity index (χ2v) is 7.86. The predicted molar refractivity (Wildman–Crippen MR) is 123 cm³/mol. The Labute approximate surface area is 185 Å². The lowest BCUT2D eigenvalue weighted by Crippen LogP contribution is -2.27. The highest BCUT2D eigenvalue weighted by molar-refractivity contribution is 5.91. The van der Waals surface area contributed by atoms with E-state index in [9.17, 15) is 9.50 Å². The summed E-state index contributed by atoms with van der Waals surface area (Å²) < 4.78 is 19.1. The van der Waals surface area contributed by atoms with Gasteiger partial charge in [0.05, 0.1) is 18.2 Å². The minimum atomic E-state index is -0.455. The third-order valence-electron chi connectivity index (χ3n) is 5.88. The number of phenolic OH excluding ortho intramolecular Hbond substituents is 1. The summed E-state index contributed by atoms with van der Waals surface area (Å²) in [4.78, 5) is 9.27. The molecule has 0 aliphatic carbocycles. The number of nitrogens with zero attached hydrogens (tertiary/aromatic N) is 2. The summed E-state index contributed by atoms with van der Waals surface area (Å²) in [6.07, 6.45) is 0. The fourth-order valence-corrected chi connectivity index (χ4v) is 4.20. The quantitative estimate of drug-likeness (QED) is 0.438. The molecule has 7 heteroatoms. The summed E-state index contributed by atoms with van der Waals surface area (Å²) in [5.74, 6) is 1.47. The SMILES string of the molecule is COc1ccc([C@@H]2CNC[C@H]2Nc2nc(-c3cc(F)ccc3O)nc3ccccc23)cc1. The first-order valence-electron chi connectivity index (χ1n) is 10.5. The minimum absolute atomic E-state index is 0.0636. The lowest BCUT2D eigenvalue weighted by atomic mass is 9.94. The minimum Gasteiger partial charge on any atom is -0.507 e. The van der Waals surface area contributed by atoms with Crippen LogP contribution in [-0.2, 0) is 0 Å². The molecule has 4 aromatic rings. The fourth-order valence-electron chi connectivity index (χ4n) is 4.20. The van der Waals surface area contributed by atoms with Gasteiger partial charge in [-0.05, 0) is 48.0 Å². The maximum absolute atomic E-state index is 13.9. The number of halogens is 1. The average Bonchev–Trinajstić information content (AvgIpc) is 3.28. The van der Waals surface area contributed by atoms with Crippen molar-refractivity contribution in [2.24, 2.45) is 0 Å². The molecule has 1 aliphatic heterocycles. The third-order valence-corrected chi connectivity index (χ3v) is 5.88. The molecule has 1 fully saturated rings. The van der Waals surface area contributed by atoms with E-state index in [-0.39, 0.29) is 29.1 Å². The maximum atomic E-state index is 13.9. The molecule has 0 radical (unpaired) electrons. The number of nitrogens with one attached hydrogen (secondary N) is 2. The van der Waals surface area contributed by atoms with Crippen LogP contribution in [0.15, 0.2) is 66.7 Å². The third kappa shape index (κ3) is 3.83. The van der Waals surface area contributed by atoms with E-state index in [2.05, 4.69) is 27.8 Å². The van der Waals surface area contributed by atoms with Gasteiger partial charge in [0, 0.05) is 30.4 Å². The van der Waals surface area contributed by atoms with Crippen LogP contribution in [0.1, 0.15) is 11.5 Å². The lowest BCUT2D eigenvalue weighted by Gasteiger charge is -2.22. The van der Waals surface area contributed by atoms with E-state index >= 15 is 0 Å². The van der Waals surface area contributed by atoms with Gasteiger partial charge < -0.3 is 20.5 Å². The molecular weight excluding hydrogens is 407 g/mol. The molecule has 5 rings (SSSR count). The highest BCUT2D eigenvalue weighted by Gasteiger charge is 2.29. The summed E-state index contributed by atoms with van der Waals surface area (Å²) in [7, 11) is 1.66. The number of fused-ring (bicyclic) bond motifs is 1. The Kier molecular flexibility index (Phi) is 5.33. The molecule has 1 saturated heterocycles. The molecule has 0 spiro atoms. The zero-order valence-electron chi connectivity index (χ0n) is 17.5. The van der Waals surface area contributed by atoms with Crippen molar-refractivity contribution >= 4 is 16.7 Å². The summed E-state index contributed by atoms with van der Waals surface area (Å²) in [6.45, 7) is 1.61. The van der Waals surface area contributed by atoms with Gasteiger partial charge >= 0.3 is 0 Å². The molecule has 32 heavy (non-hydrogen) atoms. The number of hydrogen-bond donors (Lipinski definition) is 3.